The molecule has 1 amide bonds. The van der Waals surface area contributed by atoms with Crippen molar-refractivity contribution in [3.63, 3.8) is 0 Å². The molecule has 0 bridgehead atoms. The molecule has 1 aromatic carbocycles. The predicted octanol–water partition coefficient (Wildman–Crippen LogP) is 0.852. The summed E-state index contributed by atoms with van der Waals surface area (Å²) in [6, 6.07) is 4.19. The summed E-state index contributed by atoms with van der Waals surface area (Å²) >= 11 is 0. The summed E-state index contributed by atoms with van der Waals surface area (Å²) in [6.07, 6.45) is 1.64. The number of benzene rings is 1. The van der Waals surface area contributed by atoms with Gasteiger partial charge in [-0.1, -0.05) is 0 Å². The largest absolute Gasteiger partial charge is 0.398 e. The third kappa shape index (κ3) is 2.65. The lowest BCUT2D eigenvalue weighted by Gasteiger charge is -2.10. The van der Waals surface area contributed by atoms with Crippen LogP contribution in [0.2, 0.25) is 0 Å². The minimum atomic E-state index is -0.693. The molecular formula is C12H14FN5O. The van der Waals surface area contributed by atoms with Crippen LogP contribution in [0.4, 0.5) is 15.8 Å². The molecule has 5 N–H and O–H groups in total. The molecule has 100 valence electrons. The molecule has 0 fully saturated rings. The summed E-state index contributed by atoms with van der Waals surface area (Å²) < 4.78 is 15.4. The fourth-order valence-electron chi connectivity index (χ4n) is 1.70. The predicted molar refractivity (Wildman–Crippen MR) is 69.9 cm³/mol. The molecule has 1 aromatic heterocycles. The Hall–Kier alpha value is -2.57. The molecule has 2 rings (SSSR count). The second-order valence-corrected chi connectivity index (χ2v) is 4.08. The van der Waals surface area contributed by atoms with E-state index in [-0.39, 0.29) is 16.9 Å². The van der Waals surface area contributed by atoms with Crippen LogP contribution in [0.5, 0.6) is 0 Å². The van der Waals surface area contributed by atoms with Gasteiger partial charge in [0.15, 0.2) is 0 Å². The van der Waals surface area contributed by atoms with E-state index < -0.39 is 11.7 Å². The number of rotatable bonds is 4. The smallest absolute Gasteiger partial charge is 0.250 e. The van der Waals surface area contributed by atoms with Crippen molar-refractivity contribution in [2.75, 3.05) is 11.1 Å². The van der Waals surface area contributed by atoms with Crippen LogP contribution in [0.25, 0.3) is 0 Å². The number of nitrogens with zero attached hydrogens (tertiary/aromatic N) is 2. The Labute approximate surface area is 109 Å². The first kappa shape index (κ1) is 12.9. The van der Waals surface area contributed by atoms with Gasteiger partial charge in [-0.05, 0) is 18.2 Å². The Balaban J connectivity index is 2.23. The van der Waals surface area contributed by atoms with E-state index in [9.17, 15) is 9.18 Å². The zero-order chi connectivity index (χ0) is 14.0. The minimum absolute atomic E-state index is 0.0242. The van der Waals surface area contributed by atoms with Crippen molar-refractivity contribution in [2.24, 2.45) is 12.8 Å². The van der Waals surface area contributed by atoms with Gasteiger partial charge < -0.3 is 16.8 Å². The number of nitrogen functional groups attached to an aromatic ring is 1. The number of carbonyl (C=O) groups excluding carboxylic acids is 1. The lowest BCUT2D eigenvalue weighted by molar-refractivity contribution is 0.100. The van der Waals surface area contributed by atoms with Crippen LogP contribution in [0.15, 0.2) is 24.4 Å². The van der Waals surface area contributed by atoms with E-state index in [1.165, 1.54) is 6.07 Å². The highest BCUT2D eigenvalue weighted by molar-refractivity contribution is 5.99. The van der Waals surface area contributed by atoms with Crippen molar-refractivity contribution in [2.45, 2.75) is 6.54 Å². The van der Waals surface area contributed by atoms with Gasteiger partial charge in [0.05, 0.1) is 23.5 Å². The summed E-state index contributed by atoms with van der Waals surface area (Å²) in [6.45, 7) is 0.371. The number of aryl methyl sites for hydroxylation is 1. The van der Waals surface area contributed by atoms with Crippen molar-refractivity contribution in [1.29, 1.82) is 0 Å². The van der Waals surface area contributed by atoms with Gasteiger partial charge in [-0.25, -0.2) is 4.39 Å². The molecule has 0 radical (unpaired) electrons. The molecule has 1 heterocycles. The van der Waals surface area contributed by atoms with Crippen LogP contribution in [0.1, 0.15) is 16.1 Å². The highest BCUT2D eigenvalue weighted by atomic mass is 19.1. The average Bonchev–Trinajstić information content (AvgIpc) is 2.73. The number of carbonyl (C=O) groups is 1. The second-order valence-electron chi connectivity index (χ2n) is 4.08. The molecule has 0 atom stereocenters. The molecule has 0 saturated heterocycles. The Morgan fingerprint density at radius 1 is 1.53 bits per heavy atom. The van der Waals surface area contributed by atoms with Gasteiger partial charge in [0, 0.05) is 18.9 Å². The lowest BCUT2D eigenvalue weighted by atomic mass is 10.1. The number of hydrogen-bond donors (Lipinski definition) is 3. The van der Waals surface area contributed by atoms with Crippen LogP contribution >= 0.6 is 0 Å². The SMILES string of the molecule is Cn1nccc1CNc1cc(C(N)=O)c(N)cc1F. The maximum atomic E-state index is 13.7. The molecule has 0 aliphatic carbocycles. The number of halogens is 1. The molecule has 0 spiro atoms. The van der Waals surface area contributed by atoms with E-state index in [2.05, 4.69) is 10.4 Å². The third-order valence-electron chi connectivity index (χ3n) is 2.79. The molecule has 0 aliphatic heterocycles. The zero-order valence-electron chi connectivity index (χ0n) is 10.4. The minimum Gasteiger partial charge on any atom is -0.398 e. The Bertz CT molecular complexity index is 623. The quantitative estimate of drug-likeness (QED) is 0.712. The van der Waals surface area contributed by atoms with E-state index in [1.807, 2.05) is 0 Å². The van der Waals surface area contributed by atoms with E-state index in [0.29, 0.717) is 6.54 Å². The number of aromatic nitrogens is 2. The molecule has 19 heavy (non-hydrogen) atoms. The Morgan fingerprint density at radius 2 is 2.26 bits per heavy atom. The number of nitrogens with two attached hydrogens (primary N) is 2. The summed E-state index contributed by atoms with van der Waals surface area (Å²) in [7, 11) is 1.78. The molecule has 0 saturated carbocycles. The molecule has 0 aliphatic rings. The number of hydrogen-bond acceptors (Lipinski definition) is 4. The Morgan fingerprint density at radius 3 is 2.84 bits per heavy atom. The monoisotopic (exact) mass is 263 g/mol. The number of anilines is 2. The number of nitrogens with one attached hydrogen (secondary N) is 1. The zero-order valence-corrected chi connectivity index (χ0v) is 10.4. The summed E-state index contributed by atoms with van der Waals surface area (Å²) in [4.78, 5) is 11.2. The number of amides is 1. The first-order valence-corrected chi connectivity index (χ1v) is 5.58. The van der Waals surface area contributed by atoms with Gasteiger partial charge in [-0.2, -0.15) is 5.10 Å². The van der Waals surface area contributed by atoms with Gasteiger partial charge in [-0.3, -0.25) is 9.48 Å². The van der Waals surface area contributed by atoms with E-state index >= 15 is 0 Å². The van der Waals surface area contributed by atoms with Gasteiger partial charge in [-0.15, -0.1) is 0 Å². The second kappa shape index (κ2) is 4.97. The van der Waals surface area contributed by atoms with Crippen LogP contribution < -0.4 is 16.8 Å². The maximum Gasteiger partial charge on any atom is 0.250 e. The van der Waals surface area contributed by atoms with Crippen LogP contribution in [-0.4, -0.2) is 15.7 Å². The van der Waals surface area contributed by atoms with Crippen LogP contribution in [-0.2, 0) is 13.6 Å². The van der Waals surface area contributed by atoms with Crippen LogP contribution in [0.3, 0.4) is 0 Å². The van der Waals surface area contributed by atoms with Crippen molar-refractivity contribution in [1.82, 2.24) is 9.78 Å². The molecule has 6 nitrogen and oxygen atoms in total. The molecule has 7 heteroatoms. The lowest BCUT2D eigenvalue weighted by Crippen LogP contribution is -2.15. The fourth-order valence-corrected chi connectivity index (χ4v) is 1.70. The van der Waals surface area contributed by atoms with Crippen molar-refractivity contribution in [3.8, 4) is 0 Å². The van der Waals surface area contributed by atoms with Crippen molar-refractivity contribution < 1.29 is 9.18 Å². The average molecular weight is 263 g/mol. The summed E-state index contributed by atoms with van der Waals surface area (Å²) in [5.41, 5.74) is 11.8. The van der Waals surface area contributed by atoms with E-state index in [1.54, 1.807) is 24.0 Å². The first-order valence-electron chi connectivity index (χ1n) is 5.58. The summed E-state index contributed by atoms with van der Waals surface area (Å²) in [5, 5.41) is 6.88. The van der Waals surface area contributed by atoms with Crippen LogP contribution in [0, 0.1) is 5.82 Å². The van der Waals surface area contributed by atoms with Crippen molar-refractivity contribution in [3.05, 3.63) is 41.5 Å². The number of primary amides is 1. The van der Waals surface area contributed by atoms with Gasteiger partial charge in [0.1, 0.15) is 5.82 Å². The van der Waals surface area contributed by atoms with Crippen molar-refractivity contribution >= 4 is 17.3 Å². The first-order chi connectivity index (χ1) is 8.99. The maximum absolute atomic E-state index is 13.7. The van der Waals surface area contributed by atoms with E-state index in [0.717, 1.165) is 11.8 Å². The van der Waals surface area contributed by atoms with Gasteiger partial charge in [0.25, 0.3) is 5.91 Å². The Kier molecular flexibility index (Phi) is 3.37. The normalized spacial score (nSPS) is 10.4. The highest BCUT2D eigenvalue weighted by Crippen LogP contribution is 2.22. The van der Waals surface area contributed by atoms with E-state index in [4.69, 9.17) is 11.5 Å². The highest BCUT2D eigenvalue weighted by Gasteiger charge is 2.12. The fraction of sp³-hybridized carbons (Fsp3) is 0.167. The van der Waals surface area contributed by atoms with Gasteiger partial charge in [0.2, 0.25) is 0 Å². The molecule has 0 unspecified atom stereocenters. The topological polar surface area (TPSA) is 99.0 Å². The third-order valence-corrected chi connectivity index (χ3v) is 2.79. The summed E-state index contributed by atoms with van der Waals surface area (Å²) in [5.74, 6) is -1.23. The molecule has 2 aromatic rings. The van der Waals surface area contributed by atoms with Gasteiger partial charge >= 0.3 is 0 Å². The standard InChI is InChI=1S/C12H14FN5O/c1-18-7(2-3-17-18)6-16-11-4-8(12(15)19)10(14)5-9(11)13/h2-5,16H,6,14H2,1H3,(H2,15,19). The molecular weight excluding hydrogens is 249 g/mol.